The maximum Gasteiger partial charge on any atom is 0.269 e. The second-order valence-electron chi connectivity index (χ2n) is 8.15. The monoisotopic (exact) mass is 432 g/mol. The normalized spacial score (nSPS) is 12.7. The molecule has 7 heteroatoms. The number of halogens is 1. The first-order valence-electron chi connectivity index (χ1n) is 9.58. The highest BCUT2D eigenvalue weighted by molar-refractivity contribution is 6.83. The van der Waals surface area contributed by atoms with E-state index in [2.05, 4.69) is 36.1 Å². The minimum atomic E-state index is -1.52. The van der Waals surface area contributed by atoms with Crippen LogP contribution in [0.2, 0.25) is 24.7 Å². The number of nitrogens with two attached hydrogens (primary N) is 1. The van der Waals surface area contributed by atoms with Crippen LogP contribution < -0.4 is 5.73 Å². The van der Waals surface area contributed by atoms with Gasteiger partial charge >= 0.3 is 0 Å². The van der Waals surface area contributed by atoms with Gasteiger partial charge < -0.3 is 5.73 Å². The number of aliphatic imine (C=N–C) groups is 1. The topological polar surface area (TPSA) is 73.3 Å². The van der Waals surface area contributed by atoms with Crippen molar-refractivity contribution in [2.45, 2.75) is 26.2 Å². The molecular formula is C23H21ClN4OSi. The molecule has 4 rings (SSSR count). The van der Waals surface area contributed by atoms with Crippen molar-refractivity contribution in [3.05, 3.63) is 81.9 Å². The van der Waals surface area contributed by atoms with Crippen molar-refractivity contribution in [1.29, 1.82) is 0 Å². The van der Waals surface area contributed by atoms with Gasteiger partial charge in [-0.25, -0.2) is 4.98 Å². The Morgan fingerprint density at radius 1 is 1.17 bits per heavy atom. The predicted octanol–water partition coefficient (Wildman–Crippen LogP) is 4.20. The van der Waals surface area contributed by atoms with Crippen LogP contribution in [0.5, 0.6) is 0 Å². The standard InChI is InChI=1S/C23H21ClN4OSi/c1-30(2,3)11-10-15-8-9-19-17(12-15)21(16-6-4-5-7-18(16)24)26-13-20-22(23(25)29)27-14-28(19)20/h4-9,12,14H,13H2,1-3H3,(H2,25,29). The highest BCUT2D eigenvalue weighted by atomic mass is 35.5. The van der Waals surface area contributed by atoms with E-state index in [1.54, 1.807) is 6.33 Å². The number of primary amides is 1. The van der Waals surface area contributed by atoms with Crippen molar-refractivity contribution in [2.75, 3.05) is 0 Å². The van der Waals surface area contributed by atoms with E-state index in [9.17, 15) is 4.79 Å². The average Bonchev–Trinajstić information content (AvgIpc) is 3.05. The molecule has 2 aromatic carbocycles. The molecule has 0 saturated heterocycles. The van der Waals surface area contributed by atoms with Gasteiger partial charge in [0, 0.05) is 21.7 Å². The molecule has 0 aliphatic carbocycles. The van der Waals surface area contributed by atoms with Crippen molar-refractivity contribution in [1.82, 2.24) is 9.55 Å². The SMILES string of the molecule is C[Si](C)(C)C#Cc1ccc2c(c1)C(c1ccccc1Cl)=NCc1c(C(N)=O)ncn1-2. The quantitative estimate of drug-likeness (QED) is 0.486. The van der Waals surface area contributed by atoms with E-state index in [1.807, 2.05) is 47.0 Å². The molecule has 0 radical (unpaired) electrons. The van der Waals surface area contributed by atoms with Crippen molar-refractivity contribution < 1.29 is 4.79 Å². The summed E-state index contributed by atoms with van der Waals surface area (Å²) in [6, 6.07) is 13.6. The summed E-state index contributed by atoms with van der Waals surface area (Å²) in [4.78, 5) is 20.9. The zero-order valence-electron chi connectivity index (χ0n) is 17.0. The third-order valence-electron chi connectivity index (χ3n) is 4.71. The van der Waals surface area contributed by atoms with Gasteiger partial charge in [0.1, 0.15) is 14.4 Å². The first kappa shape index (κ1) is 20.1. The molecule has 2 heterocycles. The Bertz CT molecular complexity index is 1260. The molecule has 3 aromatic rings. The highest BCUT2D eigenvalue weighted by Gasteiger charge is 2.24. The largest absolute Gasteiger partial charge is 0.364 e. The summed E-state index contributed by atoms with van der Waals surface area (Å²) in [7, 11) is -1.52. The number of aromatic nitrogens is 2. The van der Waals surface area contributed by atoms with Crippen LogP contribution in [0.25, 0.3) is 5.69 Å². The summed E-state index contributed by atoms with van der Waals surface area (Å²) in [5.74, 6) is 2.74. The number of amides is 1. The fraction of sp³-hybridized carbons (Fsp3) is 0.174. The molecule has 1 aromatic heterocycles. The molecule has 1 aliphatic rings. The van der Waals surface area contributed by atoms with Gasteiger partial charge in [0.2, 0.25) is 0 Å². The number of imidazole rings is 1. The van der Waals surface area contributed by atoms with Crippen LogP contribution in [0.15, 0.2) is 53.8 Å². The molecule has 2 N–H and O–H groups in total. The summed E-state index contributed by atoms with van der Waals surface area (Å²) in [6.07, 6.45) is 1.62. The molecule has 1 aliphatic heterocycles. The molecule has 0 unspecified atom stereocenters. The Labute approximate surface area is 181 Å². The van der Waals surface area contributed by atoms with E-state index in [0.717, 1.165) is 28.1 Å². The second-order valence-corrected chi connectivity index (χ2v) is 13.3. The Balaban J connectivity index is 1.97. The maximum absolute atomic E-state index is 11.9. The Kier molecular flexibility index (Phi) is 5.10. The van der Waals surface area contributed by atoms with Crippen molar-refractivity contribution >= 4 is 31.3 Å². The van der Waals surface area contributed by atoms with E-state index in [1.165, 1.54) is 0 Å². The van der Waals surface area contributed by atoms with Gasteiger partial charge in [-0.1, -0.05) is 55.4 Å². The van der Waals surface area contributed by atoms with Gasteiger partial charge in [-0.15, -0.1) is 5.54 Å². The fourth-order valence-electron chi connectivity index (χ4n) is 3.33. The molecule has 0 saturated carbocycles. The smallest absolute Gasteiger partial charge is 0.269 e. The second kappa shape index (κ2) is 7.60. The van der Waals surface area contributed by atoms with Crippen LogP contribution in [0.4, 0.5) is 0 Å². The lowest BCUT2D eigenvalue weighted by atomic mass is 9.98. The van der Waals surface area contributed by atoms with E-state index < -0.39 is 14.0 Å². The number of fused-ring (bicyclic) bond motifs is 3. The number of hydrogen-bond acceptors (Lipinski definition) is 3. The van der Waals surface area contributed by atoms with Gasteiger partial charge in [0.05, 0.1) is 23.6 Å². The molecule has 150 valence electrons. The molecule has 0 bridgehead atoms. The molecule has 1 amide bonds. The number of rotatable bonds is 2. The van der Waals surface area contributed by atoms with Crippen molar-refractivity contribution in [3.8, 4) is 17.2 Å². The summed E-state index contributed by atoms with van der Waals surface area (Å²) < 4.78 is 1.87. The molecule has 5 nitrogen and oxygen atoms in total. The van der Waals surface area contributed by atoms with Gasteiger partial charge in [-0.3, -0.25) is 14.4 Å². The van der Waals surface area contributed by atoms with Gasteiger partial charge in [-0.2, -0.15) is 0 Å². The lowest BCUT2D eigenvalue weighted by Gasteiger charge is -2.13. The van der Waals surface area contributed by atoms with Crippen LogP contribution >= 0.6 is 11.6 Å². The maximum atomic E-state index is 11.9. The van der Waals surface area contributed by atoms with Crippen molar-refractivity contribution in [2.24, 2.45) is 10.7 Å². The van der Waals surface area contributed by atoms with Crippen LogP contribution in [0, 0.1) is 11.5 Å². The van der Waals surface area contributed by atoms with Crippen LogP contribution in [-0.4, -0.2) is 29.2 Å². The molecule has 0 atom stereocenters. The summed E-state index contributed by atoms with van der Waals surface area (Å²) in [5, 5.41) is 0.612. The number of benzene rings is 2. The van der Waals surface area contributed by atoms with Gasteiger partial charge in [0.25, 0.3) is 5.91 Å². The van der Waals surface area contributed by atoms with Crippen molar-refractivity contribution in [3.63, 3.8) is 0 Å². The number of hydrogen-bond donors (Lipinski definition) is 1. The predicted molar refractivity (Wildman–Crippen MR) is 123 cm³/mol. The Hall–Kier alpha value is -3.14. The fourth-order valence-corrected chi connectivity index (χ4v) is 4.08. The zero-order valence-corrected chi connectivity index (χ0v) is 18.8. The minimum Gasteiger partial charge on any atom is -0.364 e. The van der Waals surface area contributed by atoms with Gasteiger partial charge in [0.15, 0.2) is 5.69 Å². The minimum absolute atomic E-state index is 0.229. The van der Waals surface area contributed by atoms with E-state index in [0.29, 0.717) is 10.7 Å². The molecule has 0 fully saturated rings. The summed E-state index contributed by atoms with van der Waals surface area (Å²) >= 11 is 6.51. The van der Waals surface area contributed by atoms with E-state index >= 15 is 0 Å². The third-order valence-corrected chi connectivity index (χ3v) is 5.91. The van der Waals surface area contributed by atoms with Crippen LogP contribution in [0.1, 0.15) is 32.9 Å². The molecule has 0 spiro atoms. The first-order valence-corrected chi connectivity index (χ1v) is 13.5. The summed E-state index contributed by atoms with van der Waals surface area (Å²) in [5.41, 5.74) is 14.1. The highest BCUT2D eigenvalue weighted by Crippen LogP contribution is 2.29. The average molecular weight is 433 g/mol. The van der Waals surface area contributed by atoms with Crippen LogP contribution in [-0.2, 0) is 6.54 Å². The lowest BCUT2D eigenvalue weighted by molar-refractivity contribution is 0.0995. The number of carbonyl (C=O) groups is 1. The van der Waals surface area contributed by atoms with Crippen LogP contribution in [0.3, 0.4) is 0 Å². The summed E-state index contributed by atoms with van der Waals surface area (Å²) in [6.45, 7) is 6.90. The number of nitrogens with zero attached hydrogens (tertiary/aromatic N) is 3. The van der Waals surface area contributed by atoms with E-state index in [4.69, 9.17) is 22.3 Å². The number of carbonyl (C=O) groups excluding carboxylic acids is 1. The lowest BCUT2D eigenvalue weighted by Crippen LogP contribution is -2.16. The first-order chi connectivity index (χ1) is 14.2. The Morgan fingerprint density at radius 3 is 2.63 bits per heavy atom. The van der Waals surface area contributed by atoms with Gasteiger partial charge in [-0.05, 0) is 24.3 Å². The van der Waals surface area contributed by atoms with E-state index in [-0.39, 0.29) is 12.2 Å². The third kappa shape index (κ3) is 3.82. The Morgan fingerprint density at radius 2 is 1.93 bits per heavy atom. The zero-order chi connectivity index (χ0) is 21.5. The molecular weight excluding hydrogens is 412 g/mol. The molecule has 30 heavy (non-hydrogen) atoms.